The second-order valence-electron chi connectivity index (χ2n) is 5.08. The quantitative estimate of drug-likeness (QED) is 0.714. The SMILES string of the molecule is COc1ccccc1CCc1ccc(-c2ncccn2)cc1. The van der Waals surface area contributed by atoms with Gasteiger partial charge >= 0.3 is 0 Å². The lowest BCUT2D eigenvalue weighted by Crippen LogP contribution is -1.95. The highest BCUT2D eigenvalue weighted by atomic mass is 16.5. The van der Waals surface area contributed by atoms with E-state index in [-0.39, 0.29) is 0 Å². The Labute approximate surface area is 130 Å². The van der Waals surface area contributed by atoms with Crippen molar-refractivity contribution in [2.75, 3.05) is 7.11 Å². The van der Waals surface area contributed by atoms with Gasteiger partial charge in [-0.3, -0.25) is 0 Å². The lowest BCUT2D eigenvalue weighted by Gasteiger charge is -2.08. The molecule has 0 unspecified atom stereocenters. The van der Waals surface area contributed by atoms with Gasteiger partial charge in [0.25, 0.3) is 0 Å². The van der Waals surface area contributed by atoms with Crippen LogP contribution in [-0.4, -0.2) is 17.1 Å². The van der Waals surface area contributed by atoms with Crippen LogP contribution in [0.3, 0.4) is 0 Å². The molecule has 0 aliphatic heterocycles. The molecule has 3 rings (SSSR count). The minimum absolute atomic E-state index is 0.763. The smallest absolute Gasteiger partial charge is 0.159 e. The molecule has 0 bridgehead atoms. The number of hydrogen-bond acceptors (Lipinski definition) is 3. The molecule has 0 radical (unpaired) electrons. The number of benzene rings is 2. The zero-order valence-corrected chi connectivity index (χ0v) is 12.6. The first-order valence-corrected chi connectivity index (χ1v) is 7.35. The van der Waals surface area contributed by atoms with Gasteiger partial charge in [0, 0.05) is 18.0 Å². The molecule has 3 nitrogen and oxygen atoms in total. The largest absolute Gasteiger partial charge is 0.496 e. The van der Waals surface area contributed by atoms with Crippen LogP contribution < -0.4 is 4.74 Å². The van der Waals surface area contributed by atoms with Crippen molar-refractivity contribution in [3.8, 4) is 17.1 Å². The number of para-hydroxylation sites is 1. The van der Waals surface area contributed by atoms with E-state index in [0.717, 1.165) is 30.0 Å². The van der Waals surface area contributed by atoms with Gasteiger partial charge in [-0.2, -0.15) is 0 Å². The summed E-state index contributed by atoms with van der Waals surface area (Å²) < 4.78 is 5.39. The molecule has 1 aromatic heterocycles. The average Bonchev–Trinajstić information content (AvgIpc) is 2.61. The number of rotatable bonds is 5. The van der Waals surface area contributed by atoms with Crippen LogP contribution in [0.5, 0.6) is 5.75 Å². The standard InChI is InChI=1S/C19H18N2O/c1-22-18-6-3-2-5-16(18)10-7-15-8-11-17(12-9-15)19-20-13-4-14-21-19/h2-6,8-9,11-14H,7,10H2,1H3. The molecule has 3 aromatic rings. The van der Waals surface area contributed by atoms with E-state index < -0.39 is 0 Å². The van der Waals surface area contributed by atoms with Crippen LogP contribution in [0.15, 0.2) is 67.0 Å². The van der Waals surface area contributed by atoms with E-state index in [1.807, 2.05) is 24.3 Å². The highest BCUT2D eigenvalue weighted by molar-refractivity contribution is 5.54. The molecule has 0 aliphatic rings. The Hall–Kier alpha value is -2.68. The monoisotopic (exact) mass is 290 g/mol. The van der Waals surface area contributed by atoms with E-state index in [1.165, 1.54) is 11.1 Å². The summed E-state index contributed by atoms with van der Waals surface area (Å²) in [4.78, 5) is 8.53. The summed E-state index contributed by atoms with van der Waals surface area (Å²) >= 11 is 0. The van der Waals surface area contributed by atoms with Crippen molar-refractivity contribution in [2.24, 2.45) is 0 Å². The highest BCUT2D eigenvalue weighted by Gasteiger charge is 2.03. The molecule has 0 atom stereocenters. The number of ether oxygens (including phenoxy) is 1. The van der Waals surface area contributed by atoms with Gasteiger partial charge in [-0.05, 0) is 36.1 Å². The maximum Gasteiger partial charge on any atom is 0.159 e. The summed E-state index contributed by atoms with van der Waals surface area (Å²) in [5, 5.41) is 0. The zero-order chi connectivity index (χ0) is 15.2. The molecule has 0 N–H and O–H groups in total. The third-order valence-electron chi connectivity index (χ3n) is 3.65. The third kappa shape index (κ3) is 3.31. The normalized spacial score (nSPS) is 10.4. The number of hydrogen-bond donors (Lipinski definition) is 0. The van der Waals surface area contributed by atoms with E-state index in [9.17, 15) is 0 Å². The van der Waals surface area contributed by atoms with E-state index in [4.69, 9.17) is 4.74 Å². The molecule has 110 valence electrons. The summed E-state index contributed by atoms with van der Waals surface area (Å²) in [5.74, 6) is 1.72. The van der Waals surface area contributed by atoms with E-state index in [1.54, 1.807) is 19.5 Å². The predicted octanol–water partition coefficient (Wildman–Crippen LogP) is 3.94. The molecule has 0 amide bonds. The molecule has 3 heteroatoms. The Morgan fingerprint density at radius 2 is 1.55 bits per heavy atom. The third-order valence-corrected chi connectivity index (χ3v) is 3.65. The summed E-state index contributed by atoms with van der Waals surface area (Å²) in [6.07, 6.45) is 5.47. The van der Waals surface area contributed by atoms with Gasteiger partial charge in [0.05, 0.1) is 7.11 Å². The lowest BCUT2D eigenvalue weighted by molar-refractivity contribution is 0.409. The molecule has 0 saturated carbocycles. The van der Waals surface area contributed by atoms with Crippen molar-refractivity contribution in [2.45, 2.75) is 12.8 Å². The first kappa shape index (κ1) is 14.3. The number of methoxy groups -OCH3 is 1. The van der Waals surface area contributed by atoms with Gasteiger partial charge in [0.15, 0.2) is 5.82 Å². The van der Waals surface area contributed by atoms with Gasteiger partial charge in [0.2, 0.25) is 0 Å². The van der Waals surface area contributed by atoms with E-state index >= 15 is 0 Å². The van der Waals surface area contributed by atoms with Crippen LogP contribution in [0.4, 0.5) is 0 Å². The minimum Gasteiger partial charge on any atom is -0.496 e. The summed E-state index contributed by atoms with van der Waals surface area (Å²) in [6, 6.07) is 18.4. The molecule has 22 heavy (non-hydrogen) atoms. The summed E-state index contributed by atoms with van der Waals surface area (Å²) in [5.41, 5.74) is 3.58. The first-order chi connectivity index (χ1) is 10.9. The topological polar surface area (TPSA) is 35.0 Å². The van der Waals surface area contributed by atoms with Crippen molar-refractivity contribution < 1.29 is 4.74 Å². The Balaban J connectivity index is 1.69. The average molecular weight is 290 g/mol. The number of aryl methyl sites for hydroxylation is 2. The second kappa shape index (κ2) is 6.85. The van der Waals surface area contributed by atoms with Crippen LogP contribution in [0.25, 0.3) is 11.4 Å². The molecule has 1 heterocycles. The summed E-state index contributed by atoms with van der Waals surface area (Å²) in [7, 11) is 1.72. The maximum absolute atomic E-state index is 5.39. The van der Waals surface area contributed by atoms with Crippen LogP contribution in [0, 0.1) is 0 Å². The van der Waals surface area contributed by atoms with Crippen molar-refractivity contribution in [1.29, 1.82) is 0 Å². The maximum atomic E-state index is 5.39. The van der Waals surface area contributed by atoms with Gasteiger partial charge in [-0.25, -0.2) is 9.97 Å². The number of nitrogens with zero attached hydrogens (tertiary/aromatic N) is 2. The van der Waals surface area contributed by atoms with Gasteiger partial charge in [-0.15, -0.1) is 0 Å². The molecular weight excluding hydrogens is 272 g/mol. The van der Waals surface area contributed by atoms with Gasteiger partial charge in [-0.1, -0.05) is 42.5 Å². The van der Waals surface area contributed by atoms with Crippen molar-refractivity contribution in [3.63, 3.8) is 0 Å². The molecular formula is C19H18N2O. The molecule has 0 aliphatic carbocycles. The first-order valence-electron chi connectivity index (χ1n) is 7.35. The molecule has 2 aromatic carbocycles. The fourth-order valence-electron chi connectivity index (χ4n) is 2.46. The van der Waals surface area contributed by atoms with E-state index in [0.29, 0.717) is 0 Å². The highest BCUT2D eigenvalue weighted by Crippen LogP contribution is 2.20. The van der Waals surface area contributed by atoms with Crippen LogP contribution in [0.2, 0.25) is 0 Å². The van der Waals surface area contributed by atoms with E-state index in [2.05, 4.69) is 40.3 Å². The Kier molecular flexibility index (Phi) is 4.44. The Bertz CT molecular complexity index is 724. The molecule has 0 fully saturated rings. The van der Waals surface area contributed by atoms with Gasteiger partial charge < -0.3 is 4.74 Å². The summed E-state index contributed by atoms with van der Waals surface area (Å²) in [6.45, 7) is 0. The minimum atomic E-state index is 0.763. The lowest BCUT2D eigenvalue weighted by atomic mass is 10.0. The van der Waals surface area contributed by atoms with Crippen LogP contribution in [-0.2, 0) is 12.8 Å². The second-order valence-corrected chi connectivity index (χ2v) is 5.08. The Morgan fingerprint density at radius 3 is 2.27 bits per heavy atom. The predicted molar refractivity (Wildman–Crippen MR) is 87.9 cm³/mol. The fraction of sp³-hybridized carbons (Fsp3) is 0.158. The Morgan fingerprint density at radius 1 is 0.818 bits per heavy atom. The van der Waals surface area contributed by atoms with Crippen molar-refractivity contribution >= 4 is 0 Å². The van der Waals surface area contributed by atoms with Gasteiger partial charge in [0.1, 0.15) is 5.75 Å². The number of aromatic nitrogens is 2. The molecule has 0 spiro atoms. The van der Waals surface area contributed by atoms with Crippen molar-refractivity contribution in [1.82, 2.24) is 9.97 Å². The van der Waals surface area contributed by atoms with Crippen LogP contribution in [0.1, 0.15) is 11.1 Å². The molecule has 0 saturated heterocycles. The van der Waals surface area contributed by atoms with Crippen LogP contribution >= 0.6 is 0 Å². The van der Waals surface area contributed by atoms with Crippen molar-refractivity contribution in [3.05, 3.63) is 78.1 Å². The zero-order valence-electron chi connectivity index (χ0n) is 12.6. The fourth-order valence-corrected chi connectivity index (χ4v) is 2.46.